The molecule has 2 atom stereocenters. The summed E-state index contributed by atoms with van der Waals surface area (Å²) in [5.74, 6) is 0. The van der Waals surface area contributed by atoms with Gasteiger partial charge < -0.3 is 9.97 Å². The molecular weight excluding hydrogens is 502 g/mol. The molecule has 0 saturated heterocycles. The number of aromatic amines is 2. The van der Waals surface area contributed by atoms with Crippen molar-refractivity contribution in [1.82, 2.24) is 19.9 Å². The number of carbonyl (C=O) groups is 2. The van der Waals surface area contributed by atoms with Gasteiger partial charge in [0.25, 0.3) is 0 Å². The molecular formula is C24H16N4O2P2S2. The average molecular weight is 519 g/mol. The summed E-state index contributed by atoms with van der Waals surface area (Å²) in [5.41, 5.74) is 7.63. The molecule has 4 aromatic heterocycles. The summed E-state index contributed by atoms with van der Waals surface area (Å²) >= 11 is 3.50. The van der Waals surface area contributed by atoms with Gasteiger partial charge in [-0.1, -0.05) is 30.3 Å². The van der Waals surface area contributed by atoms with E-state index < -0.39 is 0 Å². The molecule has 6 rings (SSSR count). The van der Waals surface area contributed by atoms with Crippen molar-refractivity contribution in [3.8, 4) is 32.1 Å². The average Bonchev–Trinajstić information content (AvgIpc) is 3.61. The van der Waals surface area contributed by atoms with Crippen LogP contribution in [0.15, 0.2) is 60.8 Å². The van der Waals surface area contributed by atoms with Gasteiger partial charge in [0.15, 0.2) is 0 Å². The lowest BCUT2D eigenvalue weighted by atomic mass is 10.0. The number of thiophene rings is 2. The lowest BCUT2D eigenvalue weighted by Crippen LogP contribution is -1.97. The minimum absolute atomic E-state index is 0.0431. The van der Waals surface area contributed by atoms with Crippen molar-refractivity contribution in [2.45, 2.75) is 0 Å². The zero-order valence-electron chi connectivity index (χ0n) is 17.5. The predicted octanol–water partition coefficient (Wildman–Crippen LogP) is 5.55. The van der Waals surface area contributed by atoms with Crippen molar-refractivity contribution in [3.05, 3.63) is 60.8 Å². The van der Waals surface area contributed by atoms with E-state index in [0.717, 1.165) is 50.4 Å². The van der Waals surface area contributed by atoms with E-state index in [-0.39, 0.29) is 17.2 Å². The lowest BCUT2D eigenvalue weighted by molar-refractivity contribution is 0.569. The largest absolute Gasteiger partial charge is 0.338 e. The monoisotopic (exact) mass is 518 g/mol. The lowest BCUT2D eigenvalue weighted by Gasteiger charge is -2.04. The van der Waals surface area contributed by atoms with Gasteiger partial charge in [-0.15, -0.1) is 22.7 Å². The third-order valence-corrected chi connectivity index (χ3v) is 9.07. The fourth-order valence-corrected chi connectivity index (χ4v) is 7.15. The molecule has 2 aromatic carbocycles. The van der Waals surface area contributed by atoms with Crippen LogP contribution in [0.2, 0.25) is 0 Å². The highest BCUT2D eigenvalue weighted by atomic mass is 32.1. The summed E-state index contributed by atoms with van der Waals surface area (Å²) < 4.78 is 2.48. The smallest absolute Gasteiger partial charge is 0.146 e. The number of aromatic nitrogens is 4. The fourth-order valence-electron chi connectivity index (χ4n) is 3.83. The summed E-state index contributed by atoms with van der Waals surface area (Å²) in [6, 6.07) is 20.9. The first kappa shape index (κ1) is 21.5. The van der Waals surface area contributed by atoms with Gasteiger partial charge in [-0.3, -0.25) is 9.59 Å². The topological polar surface area (TPSA) is 91.5 Å². The number of fused-ring (bicyclic) bond motifs is 2. The van der Waals surface area contributed by atoms with Gasteiger partial charge in [0.1, 0.15) is 23.2 Å². The Bertz CT molecular complexity index is 1630. The van der Waals surface area contributed by atoms with Gasteiger partial charge in [-0.25, -0.2) is 9.97 Å². The Hall–Kier alpha value is -3.02. The number of nitrogens with zero attached hydrogens (tertiary/aromatic N) is 2. The van der Waals surface area contributed by atoms with Crippen molar-refractivity contribution >= 4 is 83.5 Å². The first-order chi connectivity index (χ1) is 16.7. The SMILES string of the molecule is O=CPc1ncc(-c2cc3sc(-c4ccc(-c5ccc6nc(PC=O)[nH]c6c5)cc4)cc3s2)[nH]1. The van der Waals surface area contributed by atoms with E-state index in [4.69, 9.17) is 0 Å². The van der Waals surface area contributed by atoms with Gasteiger partial charge in [-0.2, -0.15) is 0 Å². The number of hydrogen-bond acceptors (Lipinski definition) is 6. The Morgan fingerprint density at radius 1 is 0.735 bits per heavy atom. The Kier molecular flexibility index (Phi) is 5.67. The molecule has 0 radical (unpaired) electrons. The van der Waals surface area contributed by atoms with Crippen LogP contribution in [-0.2, 0) is 9.59 Å². The van der Waals surface area contributed by atoms with Crippen molar-refractivity contribution in [3.63, 3.8) is 0 Å². The molecule has 6 nitrogen and oxygen atoms in total. The molecule has 34 heavy (non-hydrogen) atoms. The van der Waals surface area contributed by atoms with Crippen LogP contribution in [-0.4, -0.2) is 32.0 Å². The van der Waals surface area contributed by atoms with E-state index >= 15 is 0 Å². The first-order valence-electron chi connectivity index (χ1n) is 10.3. The quantitative estimate of drug-likeness (QED) is 0.214. The number of H-pyrrole nitrogens is 2. The maximum atomic E-state index is 10.8. The molecule has 0 saturated carbocycles. The molecule has 4 heterocycles. The zero-order valence-corrected chi connectivity index (χ0v) is 21.1. The summed E-state index contributed by atoms with van der Waals surface area (Å²) in [6.07, 6.45) is 1.80. The second kappa shape index (κ2) is 8.97. The molecule has 6 aromatic rings. The van der Waals surface area contributed by atoms with Gasteiger partial charge in [0.05, 0.1) is 27.8 Å². The minimum atomic E-state index is 0.0431. The van der Waals surface area contributed by atoms with E-state index in [1.807, 2.05) is 6.07 Å². The Labute approximate surface area is 205 Å². The second-order valence-corrected chi connectivity index (χ2v) is 11.7. The van der Waals surface area contributed by atoms with Gasteiger partial charge in [0.2, 0.25) is 0 Å². The molecule has 0 aliphatic carbocycles. The van der Waals surface area contributed by atoms with Crippen molar-refractivity contribution in [2.75, 3.05) is 0 Å². The van der Waals surface area contributed by atoms with Crippen molar-refractivity contribution < 1.29 is 9.59 Å². The normalized spacial score (nSPS) is 12.1. The van der Waals surface area contributed by atoms with Gasteiger partial charge >= 0.3 is 0 Å². The third kappa shape index (κ3) is 4.04. The van der Waals surface area contributed by atoms with Crippen molar-refractivity contribution in [1.29, 1.82) is 0 Å². The van der Waals surface area contributed by atoms with Crippen LogP contribution in [0.1, 0.15) is 0 Å². The number of nitrogens with one attached hydrogen (secondary N) is 2. The van der Waals surface area contributed by atoms with Crippen LogP contribution in [0.3, 0.4) is 0 Å². The Morgan fingerprint density at radius 2 is 1.41 bits per heavy atom. The molecule has 2 N–H and O–H groups in total. The molecule has 0 bridgehead atoms. The van der Waals surface area contributed by atoms with Gasteiger partial charge in [-0.05, 0) is 41.0 Å². The van der Waals surface area contributed by atoms with Crippen LogP contribution in [0.25, 0.3) is 52.6 Å². The highest BCUT2D eigenvalue weighted by Gasteiger charge is 2.12. The van der Waals surface area contributed by atoms with Crippen LogP contribution >= 0.6 is 39.8 Å². The highest BCUT2D eigenvalue weighted by Crippen LogP contribution is 2.41. The predicted molar refractivity (Wildman–Crippen MR) is 147 cm³/mol. The molecule has 2 unspecified atom stereocenters. The highest BCUT2D eigenvalue weighted by molar-refractivity contribution is 7.62. The van der Waals surface area contributed by atoms with Gasteiger partial charge in [0, 0.05) is 31.4 Å². The third-order valence-electron chi connectivity index (χ3n) is 5.42. The Morgan fingerprint density at radius 3 is 2.21 bits per heavy atom. The van der Waals surface area contributed by atoms with E-state index in [0.29, 0.717) is 5.57 Å². The summed E-state index contributed by atoms with van der Waals surface area (Å²) in [6.45, 7) is 0. The molecule has 10 heteroatoms. The Balaban J connectivity index is 1.25. The zero-order chi connectivity index (χ0) is 23.1. The van der Waals surface area contributed by atoms with Crippen LogP contribution in [0.5, 0.6) is 0 Å². The molecule has 0 aliphatic rings. The number of rotatable bonds is 7. The maximum absolute atomic E-state index is 10.8. The van der Waals surface area contributed by atoms with Crippen LogP contribution < -0.4 is 11.1 Å². The summed E-state index contributed by atoms with van der Waals surface area (Å²) in [7, 11) is 0.0984. The number of hydrogen-bond donors (Lipinski definition) is 2. The fraction of sp³-hybridized carbons (Fsp3) is 0. The molecule has 0 aliphatic heterocycles. The van der Waals surface area contributed by atoms with Crippen molar-refractivity contribution in [2.24, 2.45) is 0 Å². The number of benzene rings is 2. The summed E-state index contributed by atoms with van der Waals surface area (Å²) in [4.78, 5) is 39.0. The minimum Gasteiger partial charge on any atom is -0.338 e. The number of imidazole rings is 2. The second-order valence-electron chi connectivity index (χ2n) is 7.51. The molecule has 0 spiro atoms. The standard InChI is InChI=1S/C24H16N4O2P2S2/c29-11-31-23-25-10-18(28-23)20-9-22-21(34-20)8-19(33-22)14-3-1-13(2-4-14)15-5-6-16-17(7-15)27-24(26-16)32-12-30/h1-12,31-32H,(H,25,28)(H,26,27). The molecule has 0 fully saturated rings. The van der Waals surface area contributed by atoms with Crippen LogP contribution in [0.4, 0.5) is 0 Å². The van der Waals surface area contributed by atoms with E-state index in [2.05, 4.69) is 68.5 Å². The van der Waals surface area contributed by atoms with E-state index in [1.165, 1.54) is 19.8 Å². The summed E-state index contributed by atoms with van der Waals surface area (Å²) in [5, 5.41) is 0. The number of carbonyl (C=O) groups excluding carboxylic acids is 2. The first-order valence-corrected chi connectivity index (χ1v) is 14.1. The molecule has 166 valence electrons. The molecule has 0 amide bonds. The van der Waals surface area contributed by atoms with E-state index in [1.54, 1.807) is 28.9 Å². The van der Waals surface area contributed by atoms with E-state index in [9.17, 15) is 9.59 Å². The van der Waals surface area contributed by atoms with Crippen LogP contribution in [0, 0.1) is 0 Å². The maximum Gasteiger partial charge on any atom is 0.146 e.